The van der Waals surface area contributed by atoms with Crippen LogP contribution >= 0.6 is 0 Å². The molecule has 246 valence electrons. The fourth-order valence-electron chi connectivity index (χ4n) is 2.74. The van der Waals surface area contributed by atoms with Gasteiger partial charge >= 0.3 is 88.7 Å². The summed E-state index contributed by atoms with van der Waals surface area (Å²) in [5.41, 5.74) is 3.79. The Morgan fingerprint density at radius 3 is 0.688 bits per heavy atom. The number of hydrogen-bond donors (Lipinski definition) is 0. The van der Waals surface area contributed by atoms with Gasteiger partial charge in [0.2, 0.25) is 30.9 Å². The first-order valence-corrected chi connectivity index (χ1v) is 16.2. The molecule has 3 aromatic rings. The van der Waals surface area contributed by atoms with Gasteiger partial charge in [0.15, 0.2) is 0 Å². The van der Waals surface area contributed by atoms with Crippen molar-refractivity contribution in [2.45, 2.75) is 0 Å². The maximum absolute atomic E-state index is 10.2. The fraction of sp³-hybridized carbons (Fsp3) is 0.250. The van der Waals surface area contributed by atoms with Crippen LogP contribution in [0.2, 0.25) is 0 Å². The zero-order valence-corrected chi connectivity index (χ0v) is 36.3. The molecule has 0 saturated carbocycles. The summed E-state index contributed by atoms with van der Waals surface area (Å²) in [5.74, 6) is 0. The molecule has 3 aromatic carbocycles. The van der Waals surface area contributed by atoms with Crippen molar-refractivity contribution < 1.29 is 128 Å². The Balaban J connectivity index is -0.000000614. The third kappa shape index (κ3) is 24.7. The molecule has 0 saturated heterocycles. The van der Waals surface area contributed by atoms with Crippen molar-refractivity contribution in [3.63, 3.8) is 0 Å². The quantitative estimate of drug-likeness (QED) is 0.113. The molecule has 0 aliphatic heterocycles. The molecule has 0 atom stereocenters. The van der Waals surface area contributed by atoms with Crippen LogP contribution in [0.1, 0.15) is 0 Å². The van der Waals surface area contributed by atoms with Gasteiger partial charge < -0.3 is 28.4 Å². The van der Waals surface area contributed by atoms with E-state index in [9.17, 15) is 38.9 Å². The molecule has 0 spiro atoms. The minimum atomic E-state index is -4.65. The summed E-state index contributed by atoms with van der Waals surface area (Å²) in [6.07, 6.45) is 0. The van der Waals surface area contributed by atoms with Crippen molar-refractivity contribution in [1.82, 2.24) is 0 Å². The molecule has 0 amide bonds. The van der Waals surface area contributed by atoms with Gasteiger partial charge in [-0.25, -0.2) is 25.3 Å². The molecule has 18 nitrogen and oxygen atoms in total. The van der Waals surface area contributed by atoms with Crippen LogP contribution < -0.4 is 103 Å². The first kappa shape index (κ1) is 51.0. The fourth-order valence-corrected chi connectivity index (χ4v) is 3.33. The van der Waals surface area contributed by atoms with Gasteiger partial charge in [0.25, 0.3) is 0 Å². The Labute approximate surface area is 347 Å². The summed E-state index contributed by atoms with van der Waals surface area (Å²) in [7, 11) is -2.71. The molecule has 3 rings (SSSR count). The Morgan fingerprint density at radius 1 is 0.396 bits per heavy atom. The van der Waals surface area contributed by atoms with Crippen LogP contribution in [-0.2, 0) is 30.9 Å². The minimum Gasteiger partial charge on any atom is -0.728 e. The molecule has 0 aliphatic carbocycles. The monoisotopic (exact) mass is 753 g/mol. The zero-order chi connectivity index (χ0) is 34.4. The Hall–Kier alpha value is -1.41. The second-order valence-electron chi connectivity index (χ2n) is 9.06. The van der Waals surface area contributed by atoms with Crippen LogP contribution in [0.4, 0.5) is 34.1 Å². The van der Waals surface area contributed by atoms with E-state index in [2.05, 4.69) is 28.9 Å². The zero-order valence-electron chi connectivity index (χ0n) is 27.9. The van der Waals surface area contributed by atoms with Gasteiger partial charge in [-0.05, 0) is 72.8 Å². The van der Waals surface area contributed by atoms with Crippen LogP contribution in [0.3, 0.4) is 0 Å². The number of hydrogen-bond acceptors (Lipinski definition) is 15. The molecule has 48 heavy (non-hydrogen) atoms. The van der Waals surface area contributed by atoms with E-state index in [1.54, 1.807) is 72.8 Å². The molecule has 24 heteroatoms. The van der Waals surface area contributed by atoms with Crippen molar-refractivity contribution >= 4 is 65.0 Å². The molecule has 0 heterocycles. The van der Waals surface area contributed by atoms with Gasteiger partial charge in [-0.1, -0.05) is 13.6 Å². The van der Waals surface area contributed by atoms with Gasteiger partial charge in [0.05, 0.1) is 17.1 Å². The largest absolute Gasteiger partial charge is 1.00 e. The van der Waals surface area contributed by atoms with Crippen LogP contribution in [0.25, 0.3) is 0 Å². The van der Waals surface area contributed by atoms with E-state index >= 15 is 0 Å². The van der Waals surface area contributed by atoms with Gasteiger partial charge in [-0.2, -0.15) is 0 Å². The summed E-state index contributed by atoms with van der Waals surface area (Å²) in [4.78, 5) is 5.64. The van der Waals surface area contributed by atoms with Crippen molar-refractivity contribution in [2.24, 2.45) is 28.9 Å². The minimum absolute atomic E-state index is 0. The third-order valence-electron chi connectivity index (χ3n) is 4.87. The van der Waals surface area contributed by atoms with E-state index in [4.69, 9.17) is 0 Å². The molecule has 0 N–H and O–H groups in total. The number of benzene rings is 3. The van der Waals surface area contributed by atoms with Crippen LogP contribution in [0, 0.1) is 0 Å². The van der Waals surface area contributed by atoms with Crippen molar-refractivity contribution in [3.05, 3.63) is 72.8 Å². The van der Waals surface area contributed by atoms with Gasteiger partial charge in [-0.15, -0.1) is 15.3 Å². The first-order chi connectivity index (χ1) is 20.6. The van der Waals surface area contributed by atoms with Crippen molar-refractivity contribution in [2.75, 3.05) is 57.0 Å². The van der Waals surface area contributed by atoms with Gasteiger partial charge in [0.1, 0.15) is 0 Å². The van der Waals surface area contributed by atoms with Gasteiger partial charge in [-0.3, -0.25) is 0 Å². The molecule has 0 bridgehead atoms. The Kier molecular flexibility index (Phi) is 25.4. The average molecular weight is 754 g/mol. The maximum atomic E-state index is 10.2. The summed E-state index contributed by atoms with van der Waals surface area (Å²) in [6.45, 7) is 0. The van der Waals surface area contributed by atoms with Crippen LogP contribution in [0.15, 0.2) is 102 Å². The van der Waals surface area contributed by atoms with Crippen LogP contribution in [0.5, 0.6) is 0 Å². The van der Waals surface area contributed by atoms with Crippen LogP contribution in [-0.4, -0.2) is 81.2 Å². The summed E-state index contributed by atoms with van der Waals surface area (Å²) in [5, 5.41) is 9.85. The normalized spacial score (nSPS) is 11.2. The average Bonchev–Trinajstić information content (AvgIpc) is 2.94. The van der Waals surface area contributed by atoms with Crippen molar-refractivity contribution in [1.29, 1.82) is 0 Å². The predicted molar refractivity (Wildman–Crippen MR) is 165 cm³/mol. The van der Waals surface area contributed by atoms with E-state index in [1.807, 2.05) is 57.0 Å². The van der Waals surface area contributed by atoms with E-state index < -0.39 is 30.9 Å². The molecule has 0 aromatic heterocycles. The molecule has 0 fully saturated rings. The molecule has 0 aliphatic rings. The number of anilines is 3. The van der Waals surface area contributed by atoms with E-state index in [0.717, 1.165) is 17.1 Å². The second kappa shape index (κ2) is 23.9. The molecular formula is C24H30N9Na3O9S3. The third-order valence-corrected chi connectivity index (χ3v) is 5.71. The number of rotatable bonds is 9. The molecule has 0 unspecified atom stereocenters. The molecule has 0 radical (unpaired) electrons. The number of nitrogens with zero attached hydrogens (tertiary/aromatic N) is 9. The summed E-state index contributed by atoms with van der Waals surface area (Å²) >= 11 is 0. The van der Waals surface area contributed by atoms with E-state index in [1.165, 1.54) is 0 Å². The van der Waals surface area contributed by atoms with Gasteiger partial charge in [0, 0.05) is 59.3 Å². The second-order valence-corrected chi connectivity index (χ2v) is 12.1. The predicted octanol–water partition coefficient (Wildman–Crippen LogP) is -5.10. The van der Waals surface area contributed by atoms with Crippen molar-refractivity contribution in [3.8, 4) is 0 Å². The summed E-state index contributed by atoms with van der Waals surface area (Å²) < 4.78 is 99.3. The first-order valence-electron chi connectivity index (χ1n) is 12.1. The van der Waals surface area contributed by atoms with E-state index in [0.29, 0.717) is 17.1 Å². The Bertz CT molecular complexity index is 1580. The smallest absolute Gasteiger partial charge is 0.728 e. The topological polar surface area (TPSA) is 255 Å². The SMILES string of the molecule is CN(C)c1ccc(N=NS(=O)(=O)[O-])cc1.CN(C)c1ccc(N=NS(=O)(=O)[O-])cc1.CN(C)c1ccc(N=NS(=O)(=O)[O-])cc1.[Na+].[Na+].[Na+]. The standard InChI is InChI=1S/3C8H11N3O3S.3Na/c3*1-11(2)8-5-3-7(4-6-8)9-10-15(12,13)14;;;/h3*3-6H,1-2H3,(H,12,13,14);;;/q;;;3*+1/p-3. The Morgan fingerprint density at radius 2 is 0.562 bits per heavy atom. The summed E-state index contributed by atoms with van der Waals surface area (Å²) in [6, 6.07) is 19.9. The molecular weight excluding hydrogens is 723 g/mol. The maximum Gasteiger partial charge on any atom is 1.00 e. The van der Waals surface area contributed by atoms with E-state index in [-0.39, 0.29) is 88.7 Å².